The van der Waals surface area contributed by atoms with Crippen molar-refractivity contribution in [1.82, 2.24) is 9.97 Å². The molecular formula is C32H38BrCoN4. The average molecular weight is 618 g/mol. The first-order valence-corrected chi connectivity index (χ1v) is 13.6. The van der Waals surface area contributed by atoms with Crippen LogP contribution in [-0.2, 0) is 29.6 Å². The molecule has 1 atom stereocenters. The molecule has 8 bridgehead atoms. The fourth-order valence-corrected chi connectivity index (χ4v) is 6.24. The number of aromatic nitrogens is 2. The summed E-state index contributed by atoms with van der Waals surface area (Å²) in [5, 5.41) is 2.07. The zero-order valence-electron chi connectivity index (χ0n) is 23.8. The third-order valence-corrected chi connectivity index (χ3v) is 8.44. The van der Waals surface area contributed by atoms with Crippen molar-refractivity contribution < 1.29 is 33.8 Å². The van der Waals surface area contributed by atoms with Gasteiger partial charge in [-0.15, -0.1) is 22.1 Å². The van der Waals surface area contributed by atoms with Crippen LogP contribution in [0.1, 0.15) is 94.4 Å². The standard InChI is InChI=1S/C32H38N4.BrH.Co/c1-9-21-17(5)25-14-30-23(11-3)19(7)27(35-30)16-32-24(12-4)20(8)28(36-32)15-31-22(10-2)18(6)26(34-31)13-29(21)33-25;;/h13-15,32H,9-12,16H2,1-8H3;1H;/q-2;;+3/p-1/b26-13?,30-14?,31-15-;;. The molecule has 1 unspecified atom stereocenters. The summed E-state index contributed by atoms with van der Waals surface area (Å²) in [6.07, 6.45) is 11.3. The van der Waals surface area contributed by atoms with Crippen molar-refractivity contribution in [3.8, 4) is 0 Å². The Kier molecular flexibility index (Phi) is 9.54. The minimum absolute atomic E-state index is 0. The van der Waals surface area contributed by atoms with Crippen molar-refractivity contribution in [1.29, 1.82) is 0 Å². The van der Waals surface area contributed by atoms with E-state index in [2.05, 4.69) is 73.6 Å². The molecule has 6 heteroatoms. The second kappa shape index (κ2) is 11.9. The topological polar surface area (TPSA) is 52.9 Å². The summed E-state index contributed by atoms with van der Waals surface area (Å²) >= 11 is 0. The zero-order chi connectivity index (χ0) is 25.7. The van der Waals surface area contributed by atoms with E-state index in [4.69, 9.17) is 20.0 Å². The van der Waals surface area contributed by atoms with E-state index < -0.39 is 0 Å². The predicted molar refractivity (Wildman–Crippen MR) is 152 cm³/mol. The van der Waals surface area contributed by atoms with Crippen molar-refractivity contribution >= 4 is 29.7 Å². The molecule has 5 rings (SSSR count). The van der Waals surface area contributed by atoms with Gasteiger partial charge in [-0.05, 0) is 75.7 Å². The van der Waals surface area contributed by atoms with E-state index in [1.807, 2.05) is 0 Å². The zero-order valence-corrected chi connectivity index (χ0v) is 26.5. The Morgan fingerprint density at radius 3 is 2.11 bits per heavy atom. The van der Waals surface area contributed by atoms with Gasteiger partial charge in [-0.25, -0.2) is 0 Å². The van der Waals surface area contributed by atoms with Crippen molar-refractivity contribution in [3.05, 3.63) is 72.3 Å². The Hall–Kier alpha value is -2.15. The van der Waals surface area contributed by atoms with Crippen LogP contribution in [0.25, 0.3) is 18.2 Å². The van der Waals surface area contributed by atoms with E-state index in [1.54, 1.807) is 0 Å². The molecule has 0 aromatic carbocycles. The Bertz CT molecular complexity index is 1540. The second-order valence-corrected chi connectivity index (χ2v) is 10.3. The molecule has 3 aliphatic rings. The number of allylic oxidation sites excluding steroid dienone is 3. The number of aliphatic imine (C=N–C) groups is 2. The Labute approximate surface area is 248 Å². The molecule has 4 nitrogen and oxygen atoms in total. The van der Waals surface area contributed by atoms with Crippen molar-refractivity contribution in [2.45, 2.75) is 93.5 Å². The van der Waals surface area contributed by atoms with Crippen LogP contribution in [0.2, 0.25) is 0 Å². The molecule has 0 saturated carbocycles. The first kappa shape index (κ1) is 30.4. The number of halogens is 1. The molecular weight excluding hydrogens is 579 g/mol. The number of rotatable bonds is 4. The maximum absolute atomic E-state index is 5.25. The van der Waals surface area contributed by atoms with Crippen LogP contribution in [0, 0.1) is 13.8 Å². The molecule has 5 heterocycles. The van der Waals surface area contributed by atoms with Crippen molar-refractivity contribution in [3.63, 3.8) is 0 Å². The smallest absolute Gasteiger partial charge is 1.00 e. The van der Waals surface area contributed by atoms with Gasteiger partial charge < -0.3 is 26.9 Å². The van der Waals surface area contributed by atoms with E-state index in [9.17, 15) is 0 Å². The molecule has 2 aromatic heterocycles. The summed E-state index contributed by atoms with van der Waals surface area (Å²) < 4.78 is 0. The van der Waals surface area contributed by atoms with Gasteiger partial charge in [-0.3, -0.25) is 9.98 Å². The fraction of sp³-hybridized carbons (Fsp3) is 0.438. The molecule has 3 aliphatic heterocycles. The van der Waals surface area contributed by atoms with Gasteiger partial charge in [-0.1, -0.05) is 68.2 Å². The number of nitrogens with zero attached hydrogens (tertiary/aromatic N) is 4. The summed E-state index contributed by atoms with van der Waals surface area (Å²) in [5.74, 6) is 0. The molecule has 2 aromatic rings. The Balaban J connectivity index is 0.00000200. The Morgan fingerprint density at radius 2 is 1.47 bits per heavy atom. The predicted octanol–water partition coefficient (Wildman–Crippen LogP) is 2.43. The minimum Gasteiger partial charge on any atom is -1.00 e. The molecule has 0 fully saturated rings. The second-order valence-electron chi connectivity index (χ2n) is 10.3. The Morgan fingerprint density at radius 1 is 0.763 bits per heavy atom. The van der Waals surface area contributed by atoms with Crippen LogP contribution in [-0.4, -0.2) is 17.5 Å². The van der Waals surface area contributed by atoms with Crippen molar-refractivity contribution in [2.75, 3.05) is 0 Å². The summed E-state index contributed by atoms with van der Waals surface area (Å²) in [4.78, 5) is 20.7. The molecule has 0 radical (unpaired) electrons. The van der Waals surface area contributed by atoms with Crippen LogP contribution in [0.4, 0.5) is 0 Å². The van der Waals surface area contributed by atoms with Crippen LogP contribution in [0.3, 0.4) is 0 Å². The molecule has 0 N–H and O–H groups in total. The van der Waals surface area contributed by atoms with Gasteiger partial charge in [0.25, 0.3) is 0 Å². The number of fused-ring (bicyclic) bond motifs is 6. The molecule has 38 heavy (non-hydrogen) atoms. The maximum Gasteiger partial charge on any atom is 3.00 e. The molecule has 0 amide bonds. The number of hydrogen-bond acceptors (Lipinski definition) is 2. The van der Waals surface area contributed by atoms with Gasteiger partial charge in [0.2, 0.25) is 0 Å². The van der Waals surface area contributed by atoms with E-state index in [-0.39, 0.29) is 39.8 Å². The summed E-state index contributed by atoms with van der Waals surface area (Å²) in [6.45, 7) is 17.8. The van der Waals surface area contributed by atoms with Gasteiger partial charge in [0.05, 0.1) is 17.5 Å². The van der Waals surface area contributed by atoms with Crippen LogP contribution in [0.5, 0.6) is 0 Å². The summed E-state index contributed by atoms with van der Waals surface area (Å²) in [7, 11) is 0. The van der Waals surface area contributed by atoms with Crippen LogP contribution in [0.15, 0.2) is 38.0 Å². The maximum atomic E-state index is 5.25. The van der Waals surface area contributed by atoms with E-state index in [0.717, 1.165) is 65.6 Å². The van der Waals surface area contributed by atoms with E-state index in [1.165, 1.54) is 50.3 Å². The third-order valence-electron chi connectivity index (χ3n) is 8.44. The molecule has 202 valence electrons. The largest absolute Gasteiger partial charge is 3.00 e. The van der Waals surface area contributed by atoms with E-state index >= 15 is 0 Å². The normalized spacial score (nSPS) is 19.2. The van der Waals surface area contributed by atoms with Gasteiger partial charge in [0.1, 0.15) is 0 Å². The van der Waals surface area contributed by atoms with Gasteiger partial charge in [-0.2, -0.15) is 0 Å². The fourth-order valence-electron chi connectivity index (χ4n) is 6.24. The number of hydrogen-bond donors (Lipinski definition) is 0. The third kappa shape index (κ3) is 4.96. The summed E-state index contributed by atoms with van der Waals surface area (Å²) in [5.41, 5.74) is 15.9. The van der Waals surface area contributed by atoms with Gasteiger partial charge in [0, 0.05) is 12.1 Å². The first-order valence-electron chi connectivity index (χ1n) is 13.6. The first-order chi connectivity index (χ1) is 17.3. The monoisotopic (exact) mass is 616 g/mol. The summed E-state index contributed by atoms with van der Waals surface area (Å²) in [6, 6.07) is 0.143. The van der Waals surface area contributed by atoms with Crippen LogP contribution < -0.4 is 37.6 Å². The molecule has 0 saturated heterocycles. The molecule has 0 aliphatic carbocycles. The average Bonchev–Trinajstić information content (AvgIpc) is 3.51. The van der Waals surface area contributed by atoms with Crippen LogP contribution >= 0.6 is 0 Å². The SMILES string of the molecule is CCC1=C(C)C2=NC1=Cc1[n-]c(c(CC)c1C)C=c1[n-]/c(c(CC)c1C)=C\C1=NC(C2)C(CC)=C1C.[Br-].[Co+3]. The van der Waals surface area contributed by atoms with Gasteiger partial charge in [0.15, 0.2) is 0 Å². The van der Waals surface area contributed by atoms with E-state index in [0.29, 0.717) is 0 Å². The van der Waals surface area contributed by atoms with Crippen molar-refractivity contribution in [2.24, 2.45) is 9.98 Å². The quantitative estimate of drug-likeness (QED) is 0.530. The minimum atomic E-state index is 0. The molecule has 0 spiro atoms. The van der Waals surface area contributed by atoms with Gasteiger partial charge >= 0.3 is 16.8 Å².